The zero-order valence-corrected chi connectivity index (χ0v) is 11.7. The summed E-state index contributed by atoms with van der Waals surface area (Å²) in [6.45, 7) is 2.66. The van der Waals surface area contributed by atoms with E-state index in [1.54, 1.807) is 0 Å². The largest absolute Gasteiger partial charge is 0.489 e. The number of para-hydroxylation sites is 1. The van der Waals surface area contributed by atoms with Crippen LogP contribution >= 0.6 is 0 Å². The lowest BCUT2D eigenvalue weighted by molar-refractivity contribution is 0.122. The van der Waals surface area contributed by atoms with E-state index in [1.807, 2.05) is 24.3 Å². The Morgan fingerprint density at radius 3 is 2.95 bits per heavy atom. The quantitative estimate of drug-likeness (QED) is 0.843. The molecular formula is C17H23NO. The van der Waals surface area contributed by atoms with Crippen molar-refractivity contribution in [3.63, 3.8) is 0 Å². The standard InChI is InChI=1S/C17H23NO/c1-2-14-7-5-10-16(13-14)19-17-11-4-3-8-15(17)9-6-12-18/h3-4,8,11,14,16H,2,5,7,10,12-13,18H2,1H3. The molecule has 0 bridgehead atoms. The number of nitrogens with two attached hydrogens (primary N) is 1. The minimum atomic E-state index is 0.347. The summed E-state index contributed by atoms with van der Waals surface area (Å²) in [4.78, 5) is 0. The van der Waals surface area contributed by atoms with E-state index in [0.717, 1.165) is 23.7 Å². The molecule has 1 aliphatic carbocycles. The third-order valence-electron chi connectivity index (χ3n) is 3.82. The van der Waals surface area contributed by atoms with Crippen LogP contribution in [0.15, 0.2) is 24.3 Å². The van der Waals surface area contributed by atoms with Crippen molar-refractivity contribution in [1.29, 1.82) is 0 Å². The first-order chi connectivity index (χ1) is 9.33. The van der Waals surface area contributed by atoms with Gasteiger partial charge in [-0.3, -0.25) is 0 Å². The molecule has 1 aromatic carbocycles. The van der Waals surface area contributed by atoms with Gasteiger partial charge in [-0.2, -0.15) is 0 Å². The van der Waals surface area contributed by atoms with Crippen LogP contribution in [0.5, 0.6) is 5.75 Å². The summed E-state index contributed by atoms with van der Waals surface area (Å²) in [6, 6.07) is 8.00. The van der Waals surface area contributed by atoms with Gasteiger partial charge in [0.2, 0.25) is 0 Å². The van der Waals surface area contributed by atoms with Gasteiger partial charge in [0.25, 0.3) is 0 Å². The molecule has 1 aliphatic rings. The third kappa shape index (κ3) is 4.01. The lowest BCUT2D eigenvalue weighted by atomic mass is 9.85. The first kappa shape index (κ1) is 14.0. The molecule has 102 valence electrons. The monoisotopic (exact) mass is 257 g/mol. The highest BCUT2D eigenvalue weighted by atomic mass is 16.5. The number of hydrogen-bond acceptors (Lipinski definition) is 2. The molecule has 19 heavy (non-hydrogen) atoms. The molecule has 0 spiro atoms. The third-order valence-corrected chi connectivity index (χ3v) is 3.82. The maximum absolute atomic E-state index is 6.17. The molecule has 2 rings (SSSR count). The van der Waals surface area contributed by atoms with E-state index in [9.17, 15) is 0 Å². The Morgan fingerprint density at radius 1 is 1.32 bits per heavy atom. The Hall–Kier alpha value is -1.46. The zero-order chi connectivity index (χ0) is 13.5. The second-order valence-electron chi connectivity index (χ2n) is 5.18. The molecule has 2 heteroatoms. The predicted molar refractivity (Wildman–Crippen MR) is 79.0 cm³/mol. The average molecular weight is 257 g/mol. The molecule has 1 fully saturated rings. The number of hydrogen-bond donors (Lipinski definition) is 1. The van der Waals surface area contributed by atoms with Crippen LogP contribution in [0, 0.1) is 17.8 Å². The van der Waals surface area contributed by atoms with E-state index in [0.29, 0.717) is 12.6 Å². The molecule has 0 radical (unpaired) electrons. The average Bonchev–Trinajstić information content (AvgIpc) is 2.46. The maximum atomic E-state index is 6.17. The van der Waals surface area contributed by atoms with Crippen LogP contribution in [0.3, 0.4) is 0 Å². The molecule has 0 heterocycles. The zero-order valence-electron chi connectivity index (χ0n) is 11.7. The van der Waals surface area contributed by atoms with Crippen molar-refractivity contribution >= 4 is 0 Å². The molecule has 2 nitrogen and oxygen atoms in total. The predicted octanol–water partition coefficient (Wildman–Crippen LogP) is 3.34. The van der Waals surface area contributed by atoms with Crippen LogP contribution in [-0.2, 0) is 0 Å². The summed E-state index contributed by atoms with van der Waals surface area (Å²) < 4.78 is 6.17. The molecule has 0 amide bonds. The molecule has 2 unspecified atom stereocenters. The van der Waals surface area contributed by atoms with Gasteiger partial charge in [-0.1, -0.05) is 43.7 Å². The minimum absolute atomic E-state index is 0.347. The van der Waals surface area contributed by atoms with Gasteiger partial charge in [0.15, 0.2) is 0 Å². The fourth-order valence-corrected chi connectivity index (χ4v) is 2.72. The van der Waals surface area contributed by atoms with Crippen molar-refractivity contribution in [2.45, 2.75) is 45.1 Å². The molecule has 0 aromatic heterocycles. The van der Waals surface area contributed by atoms with E-state index in [-0.39, 0.29) is 0 Å². The van der Waals surface area contributed by atoms with Gasteiger partial charge < -0.3 is 10.5 Å². The van der Waals surface area contributed by atoms with Crippen molar-refractivity contribution in [2.24, 2.45) is 11.7 Å². The van der Waals surface area contributed by atoms with Gasteiger partial charge >= 0.3 is 0 Å². The molecule has 2 atom stereocenters. The number of ether oxygens (including phenoxy) is 1. The fraction of sp³-hybridized carbons (Fsp3) is 0.529. The van der Waals surface area contributed by atoms with Crippen LogP contribution in [-0.4, -0.2) is 12.6 Å². The smallest absolute Gasteiger partial charge is 0.135 e. The Bertz CT molecular complexity index is 458. The first-order valence-corrected chi connectivity index (χ1v) is 7.28. The van der Waals surface area contributed by atoms with Gasteiger partial charge in [-0.15, -0.1) is 0 Å². The van der Waals surface area contributed by atoms with Gasteiger partial charge in [-0.05, 0) is 37.3 Å². The van der Waals surface area contributed by atoms with E-state index in [4.69, 9.17) is 10.5 Å². The Kier molecular flexibility index (Phi) is 5.30. The van der Waals surface area contributed by atoms with Crippen LogP contribution in [0.4, 0.5) is 0 Å². The Labute approximate surface area is 116 Å². The molecular weight excluding hydrogens is 234 g/mol. The van der Waals surface area contributed by atoms with Crippen molar-refractivity contribution in [3.05, 3.63) is 29.8 Å². The summed E-state index contributed by atoms with van der Waals surface area (Å²) in [6.07, 6.45) is 6.57. The van der Waals surface area contributed by atoms with E-state index < -0.39 is 0 Å². The summed E-state index contributed by atoms with van der Waals surface area (Å²) in [5.74, 6) is 7.72. The van der Waals surface area contributed by atoms with Crippen molar-refractivity contribution in [1.82, 2.24) is 0 Å². The van der Waals surface area contributed by atoms with E-state index in [2.05, 4.69) is 18.8 Å². The van der Waals surface area contributed by atoms with Crippen LogP contribution in [0.2, 0.25) is 0 Å². The SMILES string of the molecule is CCC1CCCC(Oc2ccccc2C#CCN)C1. The summed E-state index contributed by atoms with van der Waals surface area (Å²) in [5, 5.41) is 0. The van der Waals surface area contributed by atoms with Crippen LogP contribution in [0.25, 0.3) is 0 Å². The lowest BCUT2D eigenvalue weighted by Crippen LogP contribution is -2.25. The van der Waals surface area contributed by atoms with Gasteiger partial charge in [0.1, 0.15) is 5.75 Å². The van der Waals surface area contributed by atoms with Gasteiger partial charge in [0.05, 0.1) is 18.2 Å². The lowest BCUT2D eigenvalue weighted by Gasteiger charge is -2.29. The molecule has 1 aromatic rings. The fourth-order valence-electron chi connectivity index (χ4n) is 2.72. The van der Waals surface area contributed by atoms with Gasteiger partial charge in [-0.25, -0.2) is 0 Å². The Morgan fingerprint density at radius 2 is 2.16 bits per heavy atom. The normalized spacial score (nSPS) is 22.4. The highest BCUT2D eigenvalue weighted by molar-refractivity contribution is 5.46. The van der Waals surface area contributed by atoms with Crippen LogP contribution in [0.1, 0.15) is 44.6 Å². The van der Waals surface area contributed by atoms with Gasteiger partial charge in [0, 0.05) is 0 Å². The summed E-state index contributed by atoms with van der Waals surface area (Å²) in [7, 11) is 0. The number of rotatable bonds is 3. The molecule has 2 N–H and O–H groups in total. The second kappa shape index (κ2) is 7.21. The Balaban J connectivity index is 2.06. The summed E-state index contributed by atoms with van der Waals surface area (Å²) >= 11 is 0. The highest BCUT2D eigenvalue weighted by Crippen LogP contribution is 2.30. The molecule has 1 saturated carbocycles. The number of benzene rings is 1. The first-order valence-electron chi connectivity index (χ1n) is 7.28. The van der Waals surface area contributed by atoms with Crippen molar-refractivity contribution in [3.8, 4) is 17.6 Å². The highest BCUT2D eigenvalue weighted by Gasteiger charge is 2.22. The van der Waals surface area contributed by atoms with E-state index >= 15 is 0 Å². The van der Waals surface area contributed by atoms with Crippen molar-refractivity contribution in [2.75, 3.05) is 6.54 Å². The van der Waals surface area contributed by atoms with Crippen LogP contribution < -0.4 is 10.5 Å². The second-order valence-corrected chi connectivity index (χ2v) is 5.18. The molecule has 0 aliphatic heterocycles. The topological polar surface area (TPSA) is 35.2 Å². The maximum Gasteiger partial charge on any atom is 0.135 e. The minimum Gasteiger partial charge on any atom is -0.489 e. The van der Waals surface area contributed by atoms with Crippen molar-refractivity contribution < 1.29 is 4.74 Å². The molecule has 0 saturated heterocycles. The summed E-state index contributed by atoms with van der Waals surface area (Å²) in [5.41, 5.74) is 6.38. The van der Waals surface area contributed by atoms with E-state index in [1.165, 1.54) is 25.7 Å².